The van der Waals surface area contributed by atoms with Crippen molar-refractivity contribution in [3.63, 3.8) is 0 Å². The van der Waals surface area contributed by atoms with Crippen LogP contribution in [-0.4, -0.2) is 17.8 Å². The lowest BCUT2D eigenvalue weighted by molar-refractivity contribution is -0.00586. The van der Waals surface area contributed by atoms with Crippen LogP contribution in [0.4, 0.5) is 0 Å². The van der Waals surface area contributed by atoms with Gasteiger partial charge in [0, 0.05) is 0 Å². The van der Waals surface area contributed by atoms with Gasteiger partial charge in [-0.1, -0.05) is 31.5 Å². The van der Waals surface area contributed by atoms with Crippen LogP contribution in [0, 0.1) is 13.8 Å². The molecule has 0 fully saturated rings. The van der Waals surface area contributed by atoms with Crippen LogP contribution in [0.3, 0.4) is 0 Å². The van der Waals surface area contributed by atoms with E-state index in [1.54, 1.807) is 0 Å². The quantitative estimate of drug-likeness (QED) is 0.818. The minimum atomic E-state index is -0.520. The first-order valence-electron chi connectivity index (χ1n) is 6.41. The molecule has 0 aliphatic carbocycles. The maximum Gasteiger partial charge on any atom is 0.102 e. The van der Waals surface area contributed by atoms with Crippen LogP contribution in [0.2, 0.25) is 0 Å². The second-order valence-electron chi connectivity index (χ2n) is 4.79. The average molecular weight is 236 g/mol. The van der Waals surface area contributed by atoms with Crippen molar-refractivity contribution in [3.8, 4) is 0 Å². The highest BCUT2D eigenvalue weighted by molar-refractivity contribution is 5.31. The van der Waals surface area contributed by atoms with Crippen molar-refractivity contribution in [2.24, 2.45) is 0 Å². The van der Waals surface area contributed by atoms with Gasteiger partial charge in [0.15, 0.2) is 0 Å². The fourth-order valence-electron chi connectivity index (χ4n) is 1.81. The van der Waals surface area contributed by atoms with Crippen LogP contribution < -0.4 is 0 Å². The van der Waals surface area contributed by atoms with E-state index in [4.69, 9.17) is 4.74 Å². The molecule has 0 aliphatic rings. The highest BCUT2D eigenvalue weighted by Crippen LogP contribution is 2.18. The summed E-state index contributed by atoms with van der Waals surface area (Å²) in [5, 5.41) is 10.0. The maximum absolute atomic E-state index is 10.0. The van der Waals surface area contributed by atoms with Gasteiger partial charge in [-0.2, -0.15) is 0 Å². The zero-order valence-corrected chi connectivity index (χ0v) is 11.4. The van der Waals surface area contributed by atoms with Gasteiger partial charge < -0.3 is 9.84 Å². The number of benzene rings is 1. The summed E-state index contributed by atoms with van der Waals surface area (Å²) in [4.78, 5) is 0. The summed E-state index contributed by atoms with van der Waals surface area (Å²) in [6, 6.07) is 6.05. The molecule has 0 aromatic heterocycles. The topological polar surface area (TPSA) is 29.5 Å². The lowest BCUT2D eigenvalue weighted by Crippen LogP contribution is -2.14. The minimum Gasteiger partial charge on any atom is -0.386 e. The van der Waals surface area contributed by atoms with Crippen LogP contribution in [0.15, 0.2) is 18.2 Å². The molecule has 0 saturated heterocycles. The zero-order valence-electron chi connectivity index (χ0n) is 11.4. The van der Waals surface area contributed by atoms with E-state index >= 15 is 0 Å². The molecular formula is C15H24O2. The van der Waals surface area contributed by atoms with Gasteiger partial charge in [0.25, 0.3) is 0 Å². The normalized spacial score (nSPS) is 14.6. The molecule has 1 aromatic carbocycles. The third-order valence-corrected chi connectivity index (χ3v) is 3.15. The Hall–Kier alpha value is -0.860. The fourth-order valence-corrected chi connectivity index (χ4v) is 1.81. The molecule has 96 valence electrons. The van der Waals surface area contributed by atoms with E-state index in [1.807, 2.05) is 18.2 Å². The van der Waals surface area contributed by atoms with Crippen LogP contribution in [-0.2, 0) is 4.74 Å². The van der Waals surface area contributed by atoms with Gasteiger partial charge >= 0.3 is 0 Å². The molecule has 0 amide bonds. The van der Waals surface area contributed by atoms with Crippen LogP contribution in [0.1, 0.15) is 49.5 Å². The molecule has 2 nitrogen and oxygen atoms in total. The molecule has 2 unspecified atom stereocenters. The fraction of sp³-hybridized carbons (Fsp3) is 0.600. The molecule has 1 rings (SSSR count). The van der Waals surface area contributed by atoms with E-state index in [-0.39, 0.29) is 6.10 Å². The molecule has 0 aliphatic heterocycles. The van der Waals surface area contributed by atoms with Gasteiger partial charge in [-0.05, 0) is 43.9 Å². The third-order valence-electron chi connectivity index (χ3n) is 3.15. The van der Waals surface area contributed by atoms with Gasteiger partial charge in [-0.15, -0.1) is 0 Å². The summed E-state index contributed by atoms with van der Waals surface area (Å²) in [7, 11) is 0. The second-order valence-corrected chi connectivity index (χ2v) is 4.79. The molecule has 0 spiro atoms. The second kappa shape index (κ2) is 6.77. The summed E-state index contributed by atoms with van der Waals surface area (Å²) < 4.78 is 5.62. The van der Waals surface area contributed by atoms with Crippen molar-refractivity contribution in [3.05, 3.63) is 34.9 Å². The predicted molar refractivity (Wildman–Crippen MR) is 71.2 cm³/mol. The van der Waals surface area contributed by atoms with Gasteiger partial charge in [0.05, 0.1) is 12.7 Å². The number of hydrogen-bond acceptors (Lipinski definition) is 2. The van der Waals surface area contributed by atoms with Gasteiger partial charge in [0.2, 0.25) is 0 Å². The highest BCUT2D eigenvalue weighted by Gasteiger charge is 2.10. The first kappa shape index (κ1) is 14.2. The van der Waals surface area contributed by atoms with Crippen LogP contribution >= 0.6 is 0 Å². The van der Waals surface area contributed by atoms with E-state index in [0.29, 0.717) is 6.61 Å². The molecule has 0 heterocycles. The lowest BCUT2D eigenvalue weighted by atomic mass is 10.0. The van der Waals surface area contributed by atoms with Gasteiger partial charge in [-0.3, -0.25) is 0 Å². The summed E-state index contributed by atoms with van der Waals surface area (Å²) in [6.07, 6.45) is 1.86. The Morgan fingerprint density at radius 1 is 1.24 bits per heavy atom. The number of aryl methyl sites for hydroxylation is 2. The van der Waals surface area contributed by atoms with Crippen molar-refractivity contribution in [2.45, 2.75) is 52.7 Å². The standard InChI is InChI=1S/C15H24O2/c1-5-6-13(4)17-10-15(16)14-8-7-11(2)12(3)9-14/h7-9,13,15-16H,5-6,10H2,1-4H3. The van der Waals surface area contributed by atoms with Crippen molar-refractivity contribution in [1.29, 1.82) is 0 Å². The molecule has 0 radical (unpaired) electrons. The molecule has 1 N–H and O–H groups in total. The number of ether oxygens (including phenoxy) is 1. The van der Waals surface area contributed by atoms with Crippen LogP contribution in [0.5, 0.6) is 0 Å². The van der Waals surface area contributed by atoms with Crippen molar-refractivity contribution >= 4 is 0 Å². The molecule has 2 heteroatoms. The summed E-state index contributed by atoms with van der Waals surface area (Å²) in [6.45, 7) is 8.71. The monoisotopic (exact) mass is 236 g/mol. The molecule has 0 saturated carbocycles. The molecule has 0 bridgehead atoms. The van der Waals surface area contributed by atoms with E-state index < -0.39 is 6.10 Å². The number of aliphatic hydroxyl groups excluding tert-OH is 1. The minimum absolute atomic E-state index is 0.223. The SMILES string of the molecule is CCCC(C)OCC(O)c1ccc(C)c(C)c1. The lowest BCUT2D eigenvalue weighted by Gasteiger charge is -2.17. The zero-order chi connectivity index (χ0) is 12.8. The third kappa shape index (κ3) is 4.49. The van der Waals surface area contributed by atoms with Crippen molar-refractivity contribution < 1.29 is 9.84 Å². The Labute approximate surface area is 105 Å². The largest absolute Gasteiger partial charge is 0.386 e. The van der Waals surface area contributed by atoms with Gasteiger partial charge in [0.1, 0.15) is 6.10 Å². The van der Waals surface area contributed by atoms with Gasteiger partial charge in [-0.25, -0.2) is 0 Å². The van der Waals surface area contributed by atoms with Crippen molar-refractivity contribution in [2.75, 3.05) is 6.61 Å². The Morgan fingerprint density at radius 2 is 1.94 bits per heavy atom. The highest BCUT2D eigenvalue weighted by atomic mass is 16.5. The smallest absolute Gasteiger partial charge is 0.102 e. The summed E-state index contributed by atoms with van der Waals surface area (Å²) >= 11 is 0. The first-order chi connectivity index (χ1) is 8.04. The number of aliphatic hydroxyl groups is 1. The number of rotatable bonds is 6. The molecule has 1 aromatic rings. The van der Waals surface area contributed by atoms with E-state index in [0.717, 1.165) is 18.4 Å². The Balaban J connectivity index is 2.52. The Bertz CT molecular complexity index is 347. The van der Waals surface area contributed by atoms with E-state index in [1.165, 1.54) is 11.1 Å². The van der Waals surface area contributed by atoms with Crippen LogP contribution in [0.25, 0.3) is 0 Å². The van der Waals surface area contributed by atoms with Crippen molar-refractivity contribution in [1.82, 2.24) is 0 Å². The summed E-state index contributed by atoms with van der Waals surface area (Å²) in [5.41, 5.74) is 3.40. The Kier molecular flexibility index (Phi) is 5.66. The number of hydrogen-bond donors (Lipinski definition) is 1. The molecule has 17 heavy (non-hydrogen) atoms. The predicted octanol–water partition coefficient (Wildman–Crippen LogP) is 3.54. The molecule has 2 atom stereocenters. The first-order valence-corrected chi connectivity index (χ1v) is 6.41. The summed E-state index contributed by atoms with van der Waals surface area (Å²) in [5.74, 6) is 0. The Morgan fingerprint density at radius 3 is 2.53 bits per heavy atom. The van der Waals surface area contributed by atoms with E-state index in [9.17, 15) is 5.11 Å². The molecular weight excluding hydrogens is 212 g/mol. The average Bonchev–Trinajstić information content (AvgIpc) is 2.30. The maximum atomic E-state index is 10.0. The van der Waals surface area contributed by atoms with E-state index in [2.05, 4.69) is 27.7 Å².